The van der Waals surface area contributed by atoms with E-state index in [-0.39, 0.29) is 5.75 Å². The van der Waals surface area contributed by atoms with Crippen LogP contribution in [0.2, 0.25) is 0 Å². The van der Waals surface area contributed by atoms with Crippen molar-refractivity contribution < 1.29 is 8.42 Å². The summed E-state index contributed by atoms with van der Waals surface area (Å²) in [6.45, 7) is 11.8. The lowest BCUT2D eigenvalue weighted by Crippen LogP contribution is -2.22. The third-order valence-electron chi connectivity index (χ3n) is 4.07. The number of benzene rings is 1. The molecule has 0 radical (unpaired) electrons. The van der Waals surface area contributed by atoms with Crippen molar-refractivity contribution in [1.29, 1.82) is 0 Å². The average molecular weight is 355 g/mol. The van der Waals surface area contributed by atoms with Gasteiger partial charge in [0.05, 0.1) is 10.6 Å². The quantitative estimate of drug-likeness (QED) is 0.566. The van der Waals surface area contributed by atoms with Gasteiger partial charge in [-0.1, -0.05) is 24.6 Å². The molecule has 0 spiro atoms. The molecule has 4 nitrogen and oxygen atoms in total. The molecular weight excluding hydrogens is 320 g/mol. The smallest absolute Gasteiger partial charge is 0.178 e. The van der Waals surface area contributed by atoms with E-state index in [1.54, 1.807) is 0 Å². The minimum Gasteiger partial charge on any atom is -0.317 e. The van der Waals surface area contributed by atoms with Gasteiger partial charge in [0.1, 0.15) is 0 Å². The van der Waals surface area contributed by atoms with E-state index < -0.39 is 9.84 Å². The van der Waals surface area contributed by atoms with E-state index in [9.17, 15) is 8.42 Å². The summed E-state index contributed by atoms with van der Waals surface area (Å²) in [6.07, 6.45) is 4.11. The fourth-order valence-corrected chi connectivity index (χ4v) is 4.90. The lowest BCUT2D eigenvalue weighted by Gasteiger charge is -2.12. The van der Waals surface area contributed by atoms with Crippen LogP contribution >= 0.6 is 0 Å². The van der Waals surface area contributed by atoms with Crippen molar-refractivity contribution in [1.82, 2.24) is 10.6 Å². The molecule has 5 heteroatoms. The highest BCUT2D eigenvalue weighted by Crippen LogP contribution is 2.23. The molecule has 1 rings (SSSR count). The normalized spacial score (nSPS) is 11.8. The first-order valence-electron chi connectivity index (χ1n) is 9.10. The summed E-state index contributed by atoms with van der Waals surface area (Å²) in [7, 11) is -3.20. The predicted molar refractivity (Wildman–Crippen MR) is 103 cm³/mol. The molecule has 0 fully saturated rings. The second-order valence-electron chi connectivity index (χ2n) is 6.61. The Balaban J connectivity index is 2.30. The van der Waals surface area contributed by atoms with Gasteiger partial charge in [0.2, 0.25) is 0 Å². The average Bonchev–Trinajstić information content (AvgIpc) is 2.47. The molecule has 0 atom stereocenters. The fourth-order valence-electron chi connectivity index (χ4n) is 3.07. The van der Waals surface area contributed by atoms with Gasteiger partial charge in [-0.05, 0) is 83.8 Å². The first kappa shape index (κ1) is 21.1. The SMILES string of the molecule is CCCNCCCCNCCCS(=O)(=O)c1c(C)cc(C)cc1C. The standard InChI is InChI=1S/C19H34N2O2S/c1-5-9-20-10-6-7-11-21-12-8-13-24(22,23)19-17(3)14-16(2)15-18(19)4/h14-15,20-21H,5-13H2,1-4H3. The Bertz CT molecular complexity index is 574. The van der Waals surface area contributed by atoms with Gasteiger partial charge in [0.25, 0.3) is 0 Å². The maximum Gasteiger partial charge on any atom is 0.178 e. The lowest BCUT2D eigenvalue weighted by molar-refractivity contribution is 0.570. The Morgan fingerprint density at radius 3 is 1.88 bits per heavy atom. The molecule has 2 N–H and O–H groups in total. The molecule has 24 heavy (non-hydrogen) atoms. The Labute approximate surface area is 148 Å². The first-order valence-corrected chi connectivity index (χ1v) is 10.8. The maximum absolute atomic E-state index is 12.6. The Morgan fingerprint density at radius 2 is 1.33 bits per heavy atom. The van der Waals surface area contributed by atoms with Gasteiger partial charge in [0.15, 0.2) is 9.84 Å². The lowest BCUT2D eigenvalue weighted by atomic mass is 10.1. The van der Waals surface area contributed by atoms with Crippen molar-refractivity contribution in [3.05, 3.63) is 28.8 Å². The second-order valence-corrected chi connectivity index (χ2v) is 8.65. The number of sulfone groups is 1. The number of rotatable bonds is 12. The van der Waals surface area contributed by atoms with E-state index >= 15 is 0 Å². The Morgan fingerprint density at radius 1 is 0.833 bits per heavy atom. The van der Waals surface area contributed by atoms with Crippen molar-refractivity contribution in [3.8, 4) is 0 Å². The molecule has 0 aliphatic heterocycles. The van der Waals surface area contributed by atoms with Crippen molar-refractivity contribution in [2.45, 2.75) is 58.3 Å². The molecule has 1 aromatic carbocycles. The summed E-state index contributed by atoms with van der Waals surface area (Å²) in [5.74, 6) is 0.211. The monoisotopic (exact) mass is 354 g/mol. The van der Waals surface area contributed by atoms with Crippen molar-refractivity contribution in [2.24, 2.45) is 0 Å². The molecule has 0 aliphatic carbocycles. The summed E-state index contributed by atoms with van der Waals surface area (Å²) < 4.78 is 25.2. The molecular formula is C19H34N2O2S. The summed E-state index contributed by atoms with van der Waals surface area (Å²) in [4.78, 5) is 0.523. The molecule has 0 bridgehead atoms. The highest BCUT2D eigenvalue weighted by Gasteiger charge is 2.19. The molecule has 0 heterocycles. The van der Waals surface area contributed by atoms with Crippen LogP contribution < -0.4 is 10.6 Å². The summed E-state index contributed by atoms with van der Waals surface area (Å²) in [6, 6.07) is 3.90. The minimum absolute atomic E-state index is 0.211. The molecule has 1 aromatic rings. The van der Waals surface area contributed by atoms with Gasteiger partial charge in [-0.2, -0.15) is 0 Å². The number of hydrogen-bond acceptors (Lipinski definition) is 4. The van der Waals surface area contributed by atoms with Gasteiger partial charge < -0.3 is 10.6 Å². The van der Waals surface area contributed by atoms with E-state index in [1.165, 1.54) is 6.42 Å². The van der Waals surface area contributed by atoms with Gasteiger partial charge in [-0.15, -0.1) is 0 Å². The number of aryl methyl sites for hydroxylation is 3. The highest BCUT2D eigenvalue weighted by atomic mass is 32.2. The highest BCUT2D eigenvalue weighted by molar-refractivity contribution is 7.91. The third kappa shape index (κ3) is 7.32. The van der Waals surface area contributed by atoms with Gasteiger partial charge in [-0.3, -0.25) is 0 Å². The zero-order valence-corrected chi connectivity index (χ0v) is 16.6. The van der Waals surface area contributed by atoms with E-state index in [0.717, 1.165) is 55.7 Å². The second kappa shape index (κ2) is 10.9. The summed E-state index contributed by atoms with van der Waals surface area (Å²) >= 11 is 0. The van der Waals surface area contributed by atoms with Crippen molar-refractivity contribution >= 4 is 9.84 Å². The van der Waals surface area contributed by atoms with Gasteiger partial charge in [0, 0.05) is 0 Å². The van der Waals surface area contributed by atoms with Crippen LogP contribution in [0.3, 0.4) is 0 Å². The largest absolute Gasteiger partial charge is 0.317 e. The first-order chi connectivity index (χ1) is 11.4. The van der Waals surface area contributed by atoms with Crippen LogP contribution in [-0.4, -0.2) is 40.3 Å². The summed E-state index contributed by atoms with van der Waals surface area (Å²) in [5, 5.41) is 6.73. The zero-order valence-electron chi connectivity index (χ0n) is 15.7. The van der Waals surface area contributed by atoms with Crippen LogP contribution in [0.15, 0.2) is 17.0 Å². The third-order valence-corrected chi connectivity index (χ3v) is 6.16. The molecule has 0 aliphatic rings. The van der Waals surface area contributed by atoms with Crippen LogP contribution in [0.25, 0.3) is 0 Å². The van der Waals surface area contributed by atoms with Gasteiger partial charge in [-0.25, -0.2) is 8.42 Å². The van der Waals surface area contributed by atoms with Crippen LogP contribution in [0.1, 0.15) is 49.3 Å². The fraction of sp³-hybridized carbons (Fsp3) is 0.684. The molecule has 0 saturated carbocycles. The minimum atomic E-state index is -3.20. The maximum atomic E-state index is 12.6. The number of nitrogens with one attached hydrogen (secondary N) is 2. The Hall–Kier alpha value is -0.910. The predicted octanol–water partition coefficient (Wildman–Crippen LogP) is 3.15. The van der Waals surface area contributed by atoms with Crippen molar-refractivity contribution in [3.63, 3.8) is 0 Å². The topological polar surface area (TPSA) is 58.2 Å². The molecule has 0 amide bonds. The van der Waals surface area contributed by atoms with Gasteiger partial charge >= 0.3 is 0 Å². The molecule has 0 saturated heterocycles. The van der Waals surface area contributed by atoms with Crippen LogP contribution in [0.5, 0.6) is 0 Å². The number of hydrogen-bond donors (Lipinski definition) is 2. The van der Waals surface area contributed by atoms with E-state index in [0.29, 0.717) is 11.3 Å². The molecule has 138 valence electrons. The molecule has 0 aromatic heterocycles. The van der Waals surface area contributed by atoms with Crippen LogP contribution in [0, 0.1) is 20.8 Å². The molecule has 0 unspecified atom stereocenters. The number of unbranched alkanes of at least 4 members (excludes halogenated alkanes) is 1. The zero-order chi connectivity index (χ0) is 18.0. The van der Waals surface area contributed by atoms with E-state index in [2.05, 4.69) is 17.6 Å². The summed E-state index contributed by atoms with van der Waals surface area (Å²) in [5.41, 5.74) is 2.83. The van der Waals surface area contributed by atoms with E-state index in [4.69, 9.17) is 0 Å². The van der Waals surface area contributed by atoms with Crippen LogP contribution in [-0.2, 0) is 9.84 Å². The van der Waals surface area contributed by atoms with Crippen molar-refractivity contribution in [2.75, 3.05) is 31.9 Å². The van der Waals surface area contributed by atoms with Crippen LogP contribution in [0.4, 0.5) is 0 Å². The van der Waals surface area contributed by atoms with E-state index in [1.807, 2.05) is 32.9 Å². The Kier molecular flexibility index (Phi) is 9.56.